The Bertz CT molecular complexity index is 936. The van der Waals surface area contributed by atoms with Crippen LogP contribution in [0.15, 0.2) is 24.3 Å². The molecule has 2 aromatic rings. The molecular weight excluding hydrogens is 382 g/mol. The highest BCUT2D eigenvalue weighted by atomic mass is 16.5. The molecule has 7 heteroatoms. The minimum atomic E-state index is -0.585. The molecular formula is C23H31N3O4. The number of amides is 2. The van der Waals surface area contributed by atoms with E-state index in [2.05, 4.69) is 4.98 Å². The zero-order valence-corrected chi connectivity index (χ0v) is 18.3. The number of aromatic nitrogens is 1. The summed E-state index contributed by atoms with van der Waals surface area (Å²) in [7, 11) is 3.27. The number of nitrogens with zero attached hydrogens (tertiary/aromatic N) is 2. The van der Waals surface area contributed by atoms with Crippen LogP contribution in [0.3, 0.4) is 0 Å². The number of rotatable bonds is 7. The number of hydrogen-bond acceptors (Lipinski definition) is 4. The van der Waals surface area contributed by atoms with Gasteiger partial charge in [0.05, 0.1) is 7.11 Å². The van der Waals surface area contributed by atoms with E-state index in [0.717, 1.165) is 17.2 Å². The Morgan fingerprint density at radius 2 is 2.10 bits per heavy atom. The largest absolute Gasteiger partial charge is 0.496 e. The van der Waals surface area contributed by atoms with E-state index in [1.165, 1.54) is 4.90 Å². The van der Waals surface area contributed by atoms with Gasteiger partial charge in [0.25, 0.3) is 5.91 Å². The summed E-state index contributed by atoms with van der Waals surface area (Å²) in [4.78, 5) is 44.3. The SMILES string of the molecule is COc1cccc2[nH]c(C(=O)N(C)C(CC(C)C)C(=O)N3CC(C=O)CC3C)cc12. The number of fused-ring (bicyclic) bond motifs is 1. The summed E-state index contributed by atoms with van der Waals surface area (Å²) in [6.07, 6.45) is 2.15. The van der Waals surface area contributed by atoms with Gasteiger partial charge < -0.3 is 24.3 Å². The lowest BCUT2D eigenvalue weighted by Crippen LogP contribution is -2.51. The van der Waals surface area contributed by atoms with Crippen LogP contribution in [0.25, 0.3) is 10.9 Å². The molecule has 1 N–H and O–H groups in total. The van der Waals surface area contributed by atoms with E-state index in [9.17, 15) is 14.4 Å². The third kappa shape index (κ3) is 4.20. The average Bonchev–Trinajstić information content (AvgIpc) is 3.33. The van der Waals surface area contributed by atoms with E-state index in [1.807, 2.05) is 39.0 Å². The Morgan fingerprint density at radius 3 is 2.70 bits per heavy atom. The van der Waals surface area contributed by atoms with Crippen LogP contribution in [-0.2, 0) is 9.59 Å². The monoisotopic (exact) mass is 413 g/mol. The molecule has 0 bridgehead atoms. The van der Waals surface area contributed by atoms with Crippen molar-refractivity contribution in [2.75, 3.05) is 20.7 Å². The number of aldehydes is 1. The number of nitrogens with one attached hydrogen (secondary N) is 1. The number of benzene rings is 1. The van der Waals surface area contributed by atoms with Crippen LogP contribution in [0, 0.1) is 11.8 Å². The molecule has 3 rings (SSSR count). The number of hydrogen-bond donors (Lipinski definition) is 1. The van der Waals surface area contributed by atoms with Gasteiger partial charge in [-0.25, -0.2) is 0 Å². The van der Waals surface area contributed by atoms with Crippen LogP contribution >= 0.6 is 0 Å². The smallest absolute Gasteiger partial charge is 0.270 e. The number of likely N-dealkylation sites (tertiary alicyclic amines) is 1. The predicted molar refractivity (Wildman–Crippen MR) is 116 cm³/mol. The Kier molecular flexibility index (Phi) is 6.48. The van der Waals surface area contributed by atoms with Crippen molar-refractivity contribution >= 4 is 29.0 Å². The molecule has 7 nitrogen and oxygen atoms in total. The molecule has 1 saturated heterocycles. The minimum absolute atomic E-state index is 0.0109. The Balaban J connectivity index is 1.88. The molecule has 1 aromatic heterocycles. The third-order valence-electron chi connectivity index (χ3n) is 5.92. The van der Waals surface area contributed by atoms with E-state index in [0.29, 0.717) is 30.8 Å². The zero-order chi connectivity index (χ0) is 22.0. The number of methoxy groups -OCH3 is 1. The Hall–Kier alpha value is -2.83. The van der Waals surface area contributed by atoms with Gasteiger partial charge in [0.1, 0.15) is 23.8 Å². The maximum absolute atomic E-state index is 13.4. The normalized spacial score (nSPS) is 19.9. The first kappa shape index (κ1) is 21.9. The standard InChI is InChI=1S/C23H31N3O4/c1-14(2)9-20(23(29)26-12-16(13-27)10-15(26)3)25(4)22(28)19-11-17-18(24-19)7-6-8-21(17)30-5/h6-8,11,13-16,20,24H,9-10,12H2,1-5H3. The molecule has 3 unspecified atom stereocenters. The fourth-order valence-corrected chi connectivity index (χ4v) is 4.29. The van der Waals surface area contributed by atoms with Gasteiger partial charge >= 0.3 is 0 Å². The highest BCUT2D eigenvalue weighted by Crippen LogP contribution is 2.28. The summed E-state index contributed by atoms with van der Waals surface area (Å²) in [5, 5.41) is 0.825. The highest BCUT2D eigenvalue weighted by molar-refractivity contribution is 6.01. The van der Waals surface area contributed by atoms with Crippen molar-refractivity contribution < 1.29 is 19.1 Å². The van der Waals surface area contributed by atoms with Gasteiger partial charge in [0, 0.05) is 36.5 Å². The molecule has 1 fully saturated rings. The molecule has 0 saturated carbocycles. The zero-order valence-electron chi connectivity index (χ0n) is 18.3. The molecule has 1 aromatic carbocycles. The maximum Gasteiger partial charge on any atom is 0.270 e. The van der Waals surface area contributed by atoms with Crippen molar-refractivity contribution in [2.45, 2.75) is 45.7 Å². The van der Waals surface area contributed by atoms with Gasteiger partial charge in [-0.3, -0.25) is 9.59 Å². The van der Waals surface area contributed by atoms with Gasteiger partial charge in [0.15, 0.2) is 0 Å². The van der Waals surface area contributed by atoms with Crippen molar-refractivity contribution in [3.8, 4) is 5.75 Å². The van der Waals surface area contributed by atoms with E-state index in [4.69, 9.17) is 4.74 Å². The van der Waals surface area contributed by atoms with Crippen molar-refractivity contribution in [1.82, 2.24) is 14.8 Å². The van der Waals surface area contributed by atoms with E-state index < -0.39 is 6.04 Å². The van der Waals surface area contributed by atoms with Crippen molar-refractivity contribution in [3.63, 3.8) is 0 Å². The molecule has 1 aliphatic heterocycles. The lowest BCUT2D eigenvalue weighted by Gasteiger charge is -2.33. The summed E-state index contributed by atoms with van der Waals surface area (Å²) in [6.45, 7) is 6.45. The maximum atomic E-state index is 13.4. The number of aromatic amines is 1. The van der Waals surface area contributed by atoms with Crippen LogP contribution in [0.1, 0.15) is 44.1 Å². The molecule has 0 spiro atoms. The number of ether oxygens (including phenoxy) is 1. The van der Waals surface area contributed by atoms with Crippen molar-refractivity contribution in [1.29, 1.82) is 0 Å². The van der Waals surface area contributed by atoms with E-state index in [1.54, 1.807) is 25.1 Å². The van der Waals surface area contributed by atoms with Crippen LogP contribution in [0.4, 0.5) is 0 Å². The molecule has 1 aliphatic rings. The fraction of sp³-hybridized carbons (Fsp3) is 0.522. The number of carbonyl (C=O) groups excluding carboxylic acids is 3. The Morgan fingerprint density at radius 1 is 1.37 bits per heavy atom. The van der Waals surface area contributed by atoms with Crippen molar-refractivity contribution in [2.24, 2.45) is 11.8 Å². The van der Waals surface area contributed by atoms with Gasteiger partial charge in [0.2, 0.25) is 5.91 Å². The van der Waals surface area contributed by atoms with Gasteiger partial charge in [-0.1, -0.05) is 19.9 Å². The molecule has 30 heavy (non-hydrogen) atoms. The predicted octanol–water partition coefficient (Wildman–Crippen LogP) is 3.10. The summed E-state index contributed by atoms with van der Waals surface area (Å²) >= 11 is 0. The lowest BCUT2D eigenvalue weighted by molar-refractivity contribution is -0.137. The lowest BCUT2D eigenvalue weighted by atomic mass is 10.0. The van der Waals surface area contributed by atoms with E-state index >= 15 is 0 Å². The third-order valence-corrected chi connectivity index (χ3v) is 5.92. The topological polar surface area (TPSA) is 82.7 Å². The van der Waals surface area contributed by atoms with Crippen LogP contribution in [-0.4, -0.2) is 65.7 Å². The second kappa shape index (κ2) is 8.90. The summed E-state index contributed by atoms with van der Waals surface area (Å²) in [6, 6.07) is 6.76. The average molecular weight is 414 g/mol. The molecule has 2 amide bonds. The molecule has 3 atom stereocenters. The summed E-state index contributed by atoms with van der Waals surface area (Å²) < 4.78 is 5.39. The van der Waals surface area contributed by atoms with Crippen LogP contribution < -0.4 is 4.74 Å². The highest BCUT2D eigenvalue weighted by Gasteiger charge is 2.38. The molecule has 162 valence electrons. The number of carbonyl (C=O) groups is 3. The number of likely N-dealkylation sites (N-methyl/N-ethyl adjacent to an activating group) is 1. The van der Waals surface area contributed by atoms with Crippen LogP contribution in [0.2, 0.25) is 0 Å². The van der Waals surface area contributed by atoms with Crippen molar-refractivity contribution in [3.05, 3.63) is 30.0 Å². The molecule has 2 heterocycles. The fourth-order valence-electron chi connectivity index (χ4n) is 4.29. The quantitative estimate of drug-likeness (QED) is 0.707. The van der Waals surface area contributed by atoms with Crippen LogP contribution in [0.5, 0.6) is 5.75 Å². The van der Waals surface area contributed by atoms with Gasteiger partial charge in [-0.05, 0) is 43.9 Å². The first-order valence-corrected chi connectivity index (χ1v) is 10.5. The van der Waals surface area contributed by atoms with E-state index in [-0.39, 0.29) is 29.7 Å². The molecule has 0 aliphatic carbocycles. The second-order valence-corrected chi connectivity index (χ2v) is 8.64. The van der Waals surface area contributed by atoms with Gasteiger partial charge in [-0.2, -0.15) is 0 Å². The summed E-state index contributed by atoms with van der Waals surface area (Å²) in [5.74, 6) is 0.449. The summed E-state index contributed by atoms with van der Waals surface area (Å²) in [5.41, 5.74) is 1.22. The second-order valence-electron chi connectivity index (χ2n) is 8.64. The first-order valence-electron chi connectivity index (χ1n) is 10.5. The minimum Gasteiger partial charge on any atom is -0.496 e. The molecule has 0 radical (unpaired) electrons. The first-order chi connectivity index (χ1) is 14.3. The Labute approximate surface area is 177 Å². The number of H-pyrrole nitrogens is 1. The van der Waals surface area contributed by atoms with Gasteiger partial charge in [-0.15, -0.1) is 0 Å².